The van der Waals surface area contributed by atoms with Crippen LogP contribution >= 0.6 is 0 Å². The van der Waals surface area contributed by atoms with Crippen molar-refractivity contribution in [1.82, 2.24) is 29.2 Å². The Bertz CT molecular complexity index is 1690. The van der Waals surface area contributed by atoms with E-state index in [9.17, 15) is 31.5 Å². The highest BCUT2D eigenvalue weighted by Gasteiger charge is 2.41. The Morgan fingerprint density at radius 2 is 1.80 bits per heavy atom. The van der Waals surface area contributed by atoms with Gasteiger partial charge in [-0.1, -0.05) is 6.07 Å². The van der Waals surface area contributed by atoms with Crippen LogP contribution in [0, 0.1) is 0 Å². The maximum atomic E-state index is 13.1. The number of nitrogens with two attached hydrogens (primary N) is 1. The van der Waals surface area contributed by atoms with Gasteiger partial charge in [0.05, 0.1) is 17.3 Å². The number of ether oxygens (including phenoxy) is 1. The zero-order chi connectivity index (χ0) is 32.1. The van der Waals surface area contributed by atoms with Crippen LogP contribution in [0.2, 0.25) is 0 Å². The monoisotopic (exact) mass is 635 g/mol. The maximum Gasteiger partial charge on any atom is 0.573 e. The Morgan fingerprint density at radius 3 is 2.39 bits per heavy atom. The molecule has 0 saturated carbocycles. The SMILES string of the molecule is CN(C)c1ccc(CN)cn1.O=C(O)[C@H]1CN(c2cnc3cncnc3n2)CCN1S(=O)(=O)c1ccc(OC(F)(F)F)cc1. The molecule has 3 N–H and O–H groups in total. The summed E-state index contributed by atoms with van der Waals surface area (Å²) in [7, 11) is -0.399. The first-order valence-electron chi connectivity index (χ1n) is 12.9. The molecule has 1 aliphatic heterocycles. The smallest absolute Gasteiger partial charge is 0.480 e. The van der Waals surface area contributed by atoms with Gasteiger partial charge in [-0.25, -0.2) is 33.3 Å². The Balaban J connectivity index is 0.000000339. The number of fused-ring (bicyclic) bond motifs is 1. The molecule has 234 valence electrons. The van der Waals surface area contributed by atoms with Crippen molar-refractivity contribution in [2.45, 2.75) is 23.8 Å². The van der Waals surface area contributed by atoms with Gasteiger partial charge in [0.25, 0.3) is 0 Å². The van der Waals surface area contributed by atoms with Crippen molar-refractivity contribution in [2.75, 3.05) is 43.5 Å². The third kappa shape index (κ3) is 7.82. The Morgan fingerprint density at radius 1 is 1.07 bits per heavy atom. The first-order valence-corrected chi connectivity index (χ1v) is 14.3. The van der Waals surface area contributed by atoms with Gasteiger partial charge >= 0.3 is 12.3 Å². The molecule has 1 aliphatic rings. The number of hydrogen-bond acceptors (Lipinski definition) is 12. The lowest BCUT2D eigenvalue weighted by Gasteiger charge is -2.38. The predicted molar refractivity (Wildman–Crippen MR) is 152 cm³/mol. The number of anilines is 2. The van der Waals surface area contributed by atoms with Gasteiger partial charge in [-0.2, -0.15) is 4.31 Å². The van der Waals surface area contributed by atoms with Gasteiger partial charge in [0.15, 0.2) is 5.65 Å². The summed E-state index contributed by atoms with van der Waals surface area (Å²) in [5, 5.41) is 9.69. The molecule has 44 heavy (non-hydrogen) atoms. The third-order valence-electron chi connectivity index (χ3n) is 6.32. The first-order chi connectivity index (χ1) is 20.8. The number of carbonyl (C=O) groups is 1. The van der Waals surface area contributed by atoms with Crippen molar-refractivity contribution in [3.05, 3.63) is 66.9 Å². The molecule has 18 heteroatoms. The van der Waals surface area contributed by atoms with Crippen molar-refractivity contribution in [1.29, 1.82) is 0 Å². The lowest BCUT2D eigenvalue weighted by atomic mass is 10.2. The second-order valence-electron chi connectivity index (χ2n) is 9.52. The van der Waals surface area contributed by atoms with Crippen LogP contribution in [0.5, 0.6) is 5.75 Å². The topological polar surface area (TPSA) is 181 Å². The van der Waals surface area contributed by atoms with E-state index in [1.165, 1.54) is 18.7 Å². The van der Waals surface area contributed by atoms with E-state index >= 15 is 0 Å². The molecule has 5 rings (SSSR count). The van der Waals surface area contributed by atoms with Crippen LogP contribution in [0.3, 0.4) is 0 Å². The Hall–Kier alpha value is -4.68. The number of aromatic nitrogens is 5. The van der Waals surface area contributed by atoms with Gasteiger partial charge in [0.1, 0.15) is 35.3 Å². The number of aliphatic carboxylic acids is 1. The summed E-state index contributed by atoms with van der Waals surface area (Å²) < 4.78 is 67.6. The summed E-state index contributed by atoms with van der Waals surface area (Å²) in [5.41, 5.74) is 7.22. The van der Waals surface area contributed by atoms with E-state index in [1.807, 2.05) is 31.1 Å². The quantitative estimate of drug-likeness (QED) is 0.301. The highest BCUT2D eigenvalue weighted by Crippen LogP contribution is 2.28. The molecule has 1 saturated heterocycles. The van der Waals surface area contributed by atoms with Gasteiger partial charge in [-0.15, -0.1) is 13.2 Å². The second kappa shape index (κ2) is 13.3. The highest BCUT2D eigenvalue weighted by molar-refractivity contribution is 7.89. The zero-order valence-electron chi connectivity index (χ0n) is 23.5. The van der Waals surface area contributed by atoms with E-state index in [4.69, 9.17) is 5.73 Å². The zero-order valence-corrected chi connectivity index (χ0v) is 24.3. The minimum Gasteiger partial charge on any atom is -0.480 e. The van der Waals surface area contributed by atoms with Crippen LogP contribution in [0.25, 0.3) is 11.2 Å². The van der Waals surface area contributed by atoms with Crippen LogP contribution in [-0.4, -0.2) is 94.9 Å². The van der Waals surface area contributed by atoms with Gasteiger partial charge in [-0.05, 0) is 35.9 Å². The molecule has 0 aliphatic carbocycles. The van der Waals surface area contributed by atoms with Crippen LogP contribution in [0.1, 0.15) is 5.56 Å². The number of piperazine rings is 1. The molecule has 0 amide bonds. The number of benzene rings is 1. The number of nitrogens with zero attached hydrogens (tertiary/aromatic N) is 8. The summed E-state index contributed by atoms with van der Waals surface area (Å²) in [6.45, 7) is 0.225. The Labute approximate surface area is 250 Å². The summed E-state index contributed by atoms with van der Waals surface area (Å²) in [6, 6.07) is 6.02. The van der Waals surface area contributed by atoms with Crippen LogP contribution in [0.15, 0.2) is 66.2 Å². The standard InChI is InChI=1S/C18H15F3N6O5S.C8H13N3/c19-18(20,21)32-11-1-3-12(4-2-11)33(30,31)27-6-5-26(9-14(27)17(28)29)15-8-23-13-7-22-10-24-16(13)25-15;1-11(2)8-4-3-7(5-9)6-10-8/h1-4,7-8,10,14H,5-6,9H2,(H,28,29);3-4,6H,5,9H2,1-2H3/t14-;/m1./s1. The maximum absolute atomic E-state index is 13.1. The van der Waals surface area contributed by atoms with Crippen LogP contribution < -0.4 is 20.3 Å². The lowest BCUT2D eigenvalue weighted by molar-refractivity contribution is -0.274. The largest absolute Gasteiger partial charge is 0.573 e. The van der Waals surface area contributed by atoms with Gasteiger partial charge in [0.2, 0.25) is 10.0 Å². The molecule has 4 aromatic rings. The van der Waals surface area contributed by atoms with Crippen LogP contribution in [0.4, 0.5) is 24.8 Å². The summed E-state index contributed by atoms with van der Waals surface area (Å²) in [4.78, 5) is 35.6. The van der Waals surface area contributed by atoms with Crippen molar-refractivity contribution >= 4 is 38.8 Å². The molecule has 0 bridgehead atoms. The molecule has 1 aromatic carbocycles. The molecule has 0 radical (unpaired) electrons. The Kier molecular flexibility index (Phi) is 9.75. The number of halogens is 3. The minimum absolute atomic E-state index is 0.101. The van der Waals surface area contributed by atoms with Gasteiger partial charge < -0.3 is 25.4 Å². The number of sulfonamides is 1. The first kappa shape index (κ1) is 32.2. The number of pyridine rings is 1. The van der Waals surface area contributed by atoms with E-state index in [1.54, 1.807) is 11.1 Å². The van der Waals surface area contributed by atoms with E-state index in [-0.39, 0.29) is 24.5 Å². The minimum atomic E-state index is -4.93. The number of carboxylic acids is 1. The summed E-state index contributed by atoms with van der Waals surface area (Å²) in [5.74, 6) is -0.712. The van der Waals surface area contributed by atoms with Gasteiger partial charge in [0, 0.05) is 46.5 Å². The van der Waals surface area contributed by atoms with Gasteiger partial charge in [-0.3, -0.25) is 4.79 Å². The third-order valence-corrected chi connectivity index (χ3v) is 8.24. The summed E-state index contributed by atoms with van der Waals surface area (Å²) in [6.07, 6.45) is 1.04. The summed E-state index contributed by atoms with van der Waals surface area (Å²) >= 11 is 0. The molecule has 1 fully saturated rings. The number of alkyl halides is 3. The van der Waals surface area contributed by atoms with Crippen LogP contribution in [-0.2, 0) is 21.4 Å². The molecule has 14 nitrogen and oxygen atoms in total. The van der Waals surface area contributed by atoms with Crippen molar-refractivity contribution < 1.29 is 36.2 Å². The van der Waals surface area contributed by atoms with Crippen molar-refractivity contribution in [3.8, 4) is 5.75 Å². The van der Waals surface area contributed by atoms with E-state index in [0.29, 0.717) is 23.5 Å². The molecular weight excluding hydrogens is 607 g/mol. The fourth-order valence-electron chi connectivity index (χ4n) is 4.12. The van der Waals surface area contributed by atoms with E-state index in [0.717, 1.165) is 40.0 Å². The molecule has 4 heterocycles. The fraction of sp³-hybridized carbons (Fsp3) is 0.308. The van der Waals surface area contributed by atoms with E-state index in [2.05, 4.69) is 29.7 Å². The molecule has 1 atom stereocenters. The fourth-order valence-corrected chi connectivity index (χ4v) is 5.69. The average molecular weight is 636 g/mol. The van der Waals surface area contributed by atoms with Crippen molar-refractivity contribution in [3.63, 3.8) is 0 Å². The molecule has 3 aromatic heterocycles. The van der Waals surface area contributed by atoms with Crippen molar-refractivity contribution in [2.24, 2.45) is 5.73 Å². The van der Waals surface area contributed by atoms with E-state index < -0.39 is 34.1 Å². The second-order valence-corrected chi connectivity index (χ2v) is 11.4. The highest BCUT2D eigenvalue weighted by atomic mass is 32.2. The molecule has 0 unspecified atom stereocenters. The normalized spacial score (nSPS) is 15.8. The molecular formula is C26H28F3N9O5S. The number of carboxylic acid groups (broad SMARTS) is 1. The number of rotatable bonds is 7. The average Bonchev–Trinajstić information content (AvgIpc) is 3.00. The molecule has 0 spiro atoms. The lowest BCUT2D eigenvalue weighted by Crippen LogP contribution is -2.58. The predicted octanol–water partition coefficient (Wildman–Crippen LogP) is 1.89. The number of hydrogen-bond donors (Lipinski definition) is 2.